The molecule has 6 nitrogen and oxygen atoms in total. The summed E-state index contributed by atoms with van der Waals surface area (Å²) in [6.45, 7) is 10.8. The summed E-state index contributed by atoms with van der Waals surface area (Å²) < 4.78 is 11.4. The third kappa shape index (κ3) is 9.03. The Morgan fingerprint density at radius 2 is 2.03 bits per heavy atom. The molecule has 2 aromatic rings. The van der Waals surface area contributed by atoms with Crippen molar-refractivity contribution < 1.29 is 9.47 Å². The highest BCUT2D eigenvalue weighted by molar-refractivity contribution is 14.0. The molecule has 2 heterocycles. The van der Waals surface area contributed by atoms with E-state index in [2.05, 4.69) is 66.0 Å². The fourth-order valence-corrected chi connectivity index (χ4v) is 4.11. The van der Waals surface area contributed by atoms with E-state index in [0.29, 0.717) is 31.7 Å². The number of nitrogens with one attached hydrogen (secondary N) is 2. The zero-order chi connectivity index (χ0) is 21.2. The molecule has 0 spiro atoms. The molecule has 1 aromatic carbocycles. The lowest BCUT2D eigenvalue weighted by molar-refractivity contribution is -0.0390. The molecule has 1 saturated heterocycles. The van der Waals surface area contributed by atoms with Gasteiger partial charge in [-0.1, -0.05) is 38.1 Å². The van der Waals surface area contributed by atoms with Gasteiger partial charge in [0.1, 0.15) is 5.01 Å². The van der Waals surface area contributed by atoms with Gasteiger partial charge >= 0.3 is 0 Å². The Hall–Kier alpha value is -1.23. The van der Waals surface area contributed by atoms with Crippen LogP contribution >= 0.6 is 35.3 Å². The molecule has 8 heteroatoms. The lowest BCUT2D eigenvalue weighted by Gasteiger charge is -2.22. The Kier molecular flexibility index (Phi) is 11.8. The molecule has 0 saturated carbocycles. The van der Waals surface area contributed by atoms with Crippen LogP contribution in [0.2, 0.25) is 0 Å². The minimum atomic E-state index is 0. The van der Waals surface area contributed by atoms with Crippen LogP contribution in [0.5, 0.6) is 0 Å². The van der Waals surface area contributed by atoms with E-state index in [9.17, 15) is 0 Å². The second kappa shape index (κ2) is 14.0. The minimum Gasteiger partial charge on any atom is -0.381 e. The fourth-order valence-electron chi connectivity index (χ4n) is 3.22. The van der Waals surface area contributed by atoms with E-state index in [1.807, 2.05) is 0 Å². The molecule has 0 amide bonds. The van der Waals surface area contributed by atoms with Crippen molar-refractivity contribution in [3.05, 3.63) is 51.5 Å². The van der Waals surface area contributed by atoms with Gasteiger partial charge in [0, 0.05) is 25.1 Å². The van der Waals surface area contributed by atoms with Gasteiger partial charge in [-0.05, 0) is 36.8 Å². The average Bonchev–Trinajstić information content (AvgIpc) is 3.25. The zero-order valence-corrected chi connectivity index (χ0v) is 21.9. The second-order valence-corrected chi connectivity index (χ2v) is 8.75. The highest BCUT2D eigenvalue weighted by atomic mass is 127. The summed E-state index contributed by atoms with van der Waals surface area (Å²) in [5, 5.41) is 9.93. The summed E-state index contributed by atoms with van der Waals surface area (Å²) in [4.78, 5) is 9.43. The number of aliphatic imine (C=N–C) groups is 1. The van der Waals surface area contributed by atoms with Crippen LogP contribution in [0.4, 0.5) is 0 Å². The molecule has 1 aliphatic heterocycles. The first-order valence-corrected chi connectivity index (χ1v) is 11.8. The molecule has 1 aliphatic rings. The first-order valence-electron chi connectivity index (χ1n) is 10.9. The Labute approximate surface area is 207 Å². The van der Waals surface area contributed by atoms with Crippen LogP contribution in [0.3, 0.4) is 0 Å². The normalized spacial score (nSPS) is 15.0. The van der Waals surface area contributed by atoms with Crippen LogP contribution in [0.1, 0.15) is 61.4 Å². The van der Waals surface area contributed by atoms with E-state index in [-0.39, 0.29) is 24.0 Å². The van der Waals surface area contributed by atoms with Gasteiger partial charge in [-0.3, -0.25) is 0 Å². The molecule has 0 bridgehead atoms. The number of ether oxygens (including phenoxy) is 2. The van der Waals surface area contributed by atoms with Gasteiger partial charge in [0.15, 0.2) is 5.96 Å². The first kappa shape index (κ1) is 26.0. The summed E-state index contributed by atoms with van der Waals surface area (Å²) >= 11 is 1.69. The largest absolute Gasteiger partial charge is 0.381 e. The van der Waals surface area contributed by atoms with E-state index >= 15 is 0 Å². The molecule has 31 heavy (non-hydrogen) atoms. The monoisotopic (exact) mass is 558 g/mol. The lowest BCUT2D eigenvalue weighted by atomic mass is 10.1. The maximum absolute atomic E-state index is 6.05. The Bertz CT molecular complexity index is 806. The number of benzene rings is 1. The Morgan fingerprint density at radius 1 is 1.26 bits per heavy atom. The SMILES string of the molecule is CCNC(=NCc1cccc(COC2CCOCC2)c1)NCc1nc(C(C)C)cs1.I. The number of rotatable bonds is 9. The lowest BCUT2D eigenvalue weighted by Crippen LogP contribution is -2.36. The molecule has 0 radical (unpaired) electrons. The van der Waals surface area contributed by atoms with Crippen molar-refractivity contribution in [1.82, 2.24) is 15.6 Å². The number of nitrogens with zero attached hydrogens (tertiary/aromatic N) is 2. The topological polar surface area (TPSA) is 67.8 Å². The fraction of sp³-hybridized carbons (Fsp3) is 0.565. The van der Waals surface area contributed by atoms with E-state index in [1.165, 1.54) is 11.1 Å². The number of hydrogen-bond donors (Lipinski definition) is 2. The van der Waals surface area contributed by atoms with Crippen molar-refractivity contribution in [3.8, 4) is 0 Å². The quantitative estimate of drug-likeness (QED) is 0.262. The van der Waals surface area contributed by atoms with E-state index in [1.54, 1.807) is 11.3 Å². The van der Waals surface area contributed by atoms with Crippen LogP contribution < -0.4 is 10.6 Å². The maximum Gasteiger partial charge on any atom is 0.191 e. The molecule has 0 atom stereocenters. The summed E-state index contributed by atoms with van der Waals surface area (Å²) in [5.74, 6) is 1.27. The van der Waals surface area contributed by atoms with Crippen LogP contribution in [-0.2, 0) is 29.2 Å². The number of guanidine groups is 1. The van der Waals surface area contributed by atoms with Gasteiger partial charge in [-0.25, -0.2) is 9.98 Å². The van der Waals surface area contributed by atoms with Crippen molar-refractivity contribution >= 4 is 41.3 Å². The smallest absolute Gasteiger partial charge is 0.191 e. The number of hydrogen-bond acceptors (Lipinski definition) is 5. The van der Waals surface area contributed by atoms with Gasteiger partial charge in [-0.2, -0.15) is 0 Å². The molecule has 1 aromatic heterocycles. The van der Waals surface area contributed by atoms with Crippen LogP contribution in [-0.4, -0.2) is 36.8 Å². The summed E-state index contributed by atoms with van der Waals surface area (Å²) in [5.41, 5.74) is 3.52. The highest BCUT2D eigenvalue weighted by Crippen LogP contribution is 2.17. The maximum atomic E-state index is 6.05. The van der Waals surface area contributed by atoms with Crippen molar-refractivity contribution in [2.75, 3.05) is 19.8 Å². The van der Waals surface area contributed by atoms with Crippen molar-refractivity contribution in [1.29, 1.82) is 0 Å². The van der Waals surface area contributed by atoms with Crippen LogP contribution in [0, 0.1) is 0 Å². The van der Waals surface area contributed by atoms with Crippen molar-refractivity contribution in [2.45, 2.75) is 65.3 Å². The summed E-state index contributed by atoms with van der Waals surface area (Å²) in [6.07, 6.45) is 2.28. The molecular formula is C23H35IN4O2S. The van der Waals surface area contributed by atoms with Gasteiger partial charge < -0.3 is 20.1 Å². The number of halogens is 1. The Balaban J connectivity index is 0.00000341. The highest BCUT2D eigenvalue weighted by Gasteiger charge is 2.14. The standard InChI is InChI=1S/C23H34N4O2S.HI/c1-4-24-23(26-14-22-27-21(16-30-22)17(2)3)25-13-18-6-5-7-19(12-18)15-29-20-8-10-28-11-9-20;/h5-7,12,16-17,20H,4,8-11,13-15H2,1-3H3,(H2,24,25,26);1H. The van der Waals surface area contributed by atoms with Gasteiger partial charge in [0.2, 0.25) is 0 Å². The number of aromatic nitrogens is 1. The molecule has 0 unspecified atom stereocenters. The van der Waals surface area contributed by atoms with Gasteiger partial charge in [-0.15, -0.1) is 35.3 Å². The minimum absolute atomic E-state index is 0. The van der Waals surface area contributed by atoms with Crippen LogP contribution in [0.25, 0.3) is 0 Å². The third-order valence-corrected chi connectivity index (χ3v) is 5.84. The first-order chi connectivity index (χ1) is 14.6. The van der Waals surface area contributed by atoms with E-state index < -0.39 is 0 Å². The van der Waals surface area contributed by atoms with Crippen LogP contribution in [0.15, 0.2) is 34.6 Å². The van der Waals surface area contributed by atoms with Crippen molar-refractivity contribution in [3.63, 3.8) is 0 Å². The molecule has 2 N–H and O–H groups in total. The number of thiazole rings is 1. The van der Waals surface area contributed by atoms with E-state index in [0.717, 1.165) is 49.3 Å². The molecule has 3 rings (SSSR count). The van der Waals surface area contributed by atoms with Gasteiger partial charge in [0.25, 0.3) is 0 Å². The molecule has 1 fully saturated rings. The predicted molar refractivity (Wildman–Crippen MR) is 138 cm³/mol. The van der Waals surface area contributed by atoms with E-state index in [4.69, 9.17) is 14.5 Å². The molecule has 172 valence electrons. The van der Waals surface area contributed by atoms with Gasteiger partial charge in [0.05, 0.1) is 31.5 Å². The average molecular weight is 559 g/mol. The second-order valence-electron chi connectivity index (χ2n) is 7.81. The van der Waals surface area contributed by atoms with Crippen molar-refractivity contribution in [2.24, 2.45) is 4.99 Å². The third-order valence-electron chi connectivity index (χ3n) is 4.98. The Morgan fingerprint density at radius 3 is 2.74 bits per heavy atom. The summed E-state index contributed by atoms with van der Waals surface area (Å²) in [7, 11) is 0. The molecule has 0 aliphatic carbocycles. The molecular weight excluding hydrogens is 523 g/mol. The zero-order valence-electron chi connectivity index (χ0n) is 18.7. The summed E-state index contributed by atoms with van der Waals surface area (Å²) in [6, 6.07) is 8.49. The predicted octanol–water partition coefficient (Wildman–Crippen LogP) is 4.84.